The molecule has 0 spiro atoms. The number of aromatic nitrogens is 7. The Morgan fingerprint density at radius 1 is 0.604 bits per heavy atom. The summed E-state index contributed by atoms with van der Waals surface area (Å²) < 4.78 is 187. The van der Waals surface area contributed by atoms with E-state index >= 15 is 0 Å². The number of amides is 1. The van der Waals surface area contributed by atoms with Gasteiger partial charge in [0.15, 0.2) is 0 Å². The van der Waals surface area contributed by atoms with E-state index in [1.807, 2.05) is 0 Å². The number of carbonyl (C=O) groups excluding carboxylic acids is 1. The van der Waals surface area contributed by atoms with Gasteiger partial charge < -0.3 is 49.7 Å². The summed E-state index contributed by atoms with van der Waals surface area (Å²) in [6.45, 7) is 1.40. The second-order valence-corrected chi connectivity index (χ2v) is 24.1. The molecule has 1 aliphatic rings. The van der Waals surface area contributed by atoms with Crippen molar-refractivity contribution >= 4 is 142 Å². The number of alkyl halides is 15. The van der Waals surface area contributed by atoms with Crippen LogP contribution in [0.25, 0.3) is 0 Å². The number of aromatic hydroxyl groups is 1. The van der Waals surface area contributed by atoms with Crippen LogP contribution in [0.15, 0.2) is 156 Å². The number of nitrogens with zero attached hydrogens (tertiary/aromatic N) is 10. The number of hydrogen-bond donors (Lipinski definition) is 4. The Kier molecular flexibility index (Phi) is 34.8. The molecule has 24 nitrogen and oxygen atoms in total. The van der Waals surface area contributed by atoms with Gasteiger partial charge in [-0.05, 0) is 126 Å². The first-order valence-electron chi connectivity index (χ1n) is 25.6. The molecule has 0 unspecified atom stereocenters. The highest BCUT2D eigenvalue weighted by Crippen LogP contribution is 2.36. The number of rotatable bonds is 15. The standard InChI is InChI=1S/C18H17ClF3N5O4S.C7H3ClF2N2O.C7H4ClF2NO3.C6H3BrClF2NO.C6H3Cl2F2NO.C6H6ClNO.C5H4ClNO.CH4/c1-17(9-32(29,30)27(2)16(23)26-17)12-7-10(3-5-13(12)20)25-15(28)14-6-4-11(8-24-14)31-18(19,21)22;8-7(9,10)13-6-2-1-5(3-11)12-4-6;8-7(9,10)14-4-1-2-5(6(12)13)11-3-4;2*7-5-2-1-4(3-11-5)12-6(8,9)10;1-9-5-2-3-6(7)8-4-5;6-5-2-1-4(8)3-7-5;/h3-8H,9H2,1-2H3,(H2,23,26)(H,25,28);1-2,4H;1-3H,(H,12,13);2*1-3H;2-4H,1H3;1-3,8H;1H4/t17-;;;;;;;/m0......./s1. The molecule has 0 radical (unpaired) electrons. The zero-order valence-corrected chi connectivity index (χ0v) is 58.0. The first-order chi connectivity index (χ1) is 46.2. The molecule has 546 valence electrons. The highest BCUT2D eigenvalue weighted by atomic mass is 79.9. The summed E-state index contributed by atoms with van der Waals surface area (Å²) in [6, 6.07) is 23.7. The number of hydrogen-bond acceptors (Lipinski definition) is 21. The molecule has 1 amide bonds. The van der Waals surface area contributed by atoms with Crippen LogP contribution in [-0.4, -0.2) is 123 Å². The van der Waals surface area contributed by atoms with Crippen molar-refractivity contribution in [2.75, 3.05) is 25.2 Å². The number of pyridine rings is 7. The lowest BCUT2D eigenvalue weighted by Gasteiger charge is -2.34. The van der Waals surface area contributed by atoms with Crippen molar-refractivity contribution in [1.82, 2.24) is 39.2 Å². The molecule has 1 atom stereocenters. The number of anilines is 1. The molecule has 0 saturated carbocycles. The molecule has 9 rings (SSSR count). The summed E-state index contributed by atoms with van der Waals surface area (Å²) >= 11 is 42.0. The van der Waals surface area contributed by atoms with Crippen molar-refractivity contribution in [2.45, 2.75) is 47.7 Å². The monoisotopic (exact) mass is 1680 g/mol. The summed E-state index contributed by atoms with van der Waals surface area (Å²) in [6.07, 6.45) is 7.78. The number of aliphatic imine (C=N–C) groups is 1. The molecule has 0 aliphatic carbocycles. The number of carbonyl (C=O) groups is 2. The molecule has 5 N–H and O–H groups in total. The summed E-state index contributed by atoms with van der Waals surface area (Å²) in [5.74, 6) is -3.83. The Morgan fingerprint density at radius 2 is 0.990 bits per heavy atom. The van der Waals surface area contributed by atoms with E-state index in [9.17, 15) is 66.3 Å². The molecule has 1 aromatic carbocycles. The normalized spacial score (nSPS) is 13.6. The maximum absolute atomic E-state index is 14.6. The number of aromatic carboxylic acids is 1. The van der Waals surface area contributed by atoms with Crippen LogP contribution in [0.3, 0.4) is 0 Å². The van der Waals surface area contributed by atoms with Gasteiger partial charge in [-0.3, -0.25) is 4.79 Å². The number of halogens is 20. The highest BCUT2D eigenvalue weighted by Gasteiger charge is 2.42. The van der Waals surface area contributed by atoms with E-state index < -0.39 is 66.8 Å². The molecule has 8 aromatic rings. The van der Waals surface area contributed by atoms with Crippen LogP contribution in [0, 0.1) is 17.1 Å². The van der Waals surface area contributed by atoms with Crippen molar-refractivity contribution < 1.29 is 105 Å². The lowest BCUT2D eigenvalue weighted by molar-refractivity contribution is -0.0974. The number of ether oxygens (including phenoxy) is 6. The lowest BCUT2D eigenvalue weighted by atomic mass is 9.93. The van der Waals surface area contributed by atoms with Crippen molar-refractivity contribution in [3.05, 3.63) is 195 Å². The molecule has 101 heavy (non-hydrogen) atoms. The number of benzene rings is 1. The smallest absolute Gasteiger partial charge is 0.487 e. The predicted octanol–water partition coefficient (Wildman–Crippen LogP) is 16.3. The second-order valence-electron chi connectivity index (χ2n) is 17.9. The Bertz CT molecular complexity index is 4040. The van der Waals surface area contributed by atoms with Gasteiger partial charge in [0.1, 0.15) is 94.8 Å². The molecule has 7 aromatic heterocycles. The molecule has 1 aliphatic heterocycles. The Balaban J connectivity index is 0.000000427. The van der Waals surface area contributed by atoms with Crippen LogP contribution in [0.4, 0.5) is 54.0 Å². The zero-order chi connectivity index (χ0) is 75.6. The highest BCUT2D eigenvalue weighted by molar-refractivity contribution is 9.10. The summed E-state index contributed by atoms with van der Waals surface area (Å²) in [5.41, 5.74) is -15.0. The first kappa shape index (κ1) is 88.6. The van der Waals surface area contributed by atoms with Crippen LogP contribution >= 0.6 is 109 Å². The predicted molar refractivity (Wildman–Crippen MR) is 351 cm³/mol. The van der Waals surface area contributed by atoms with Crippen LogP contribution in [0.1, 0.15) is 46.6 Å². The summed E-state index contributed by atoms with van der Waals surface area (Å²) in [7, 11) is -1.02. The van der Waals surface area contributed by atoms with Gasteiger partial charge in [-0.25, -0.2) is 61.8 Å². The average molecular weight is 1680 g/mol. The fraction of sp³-hybridized carbons (Fsp3) is 0.196. The Hall–Kier alpha value is -8.45. The number of methoxy groups -OCH3 is 1. The van der Waals surface area contributed by atoms with E-state index in [2.05, 4.69) is 143 Å². The van der Waals surface area contributed by atoms with Crippen molar-refractivity contribution in [2.24, 2.45) is 10.7 Å². The van der Waals surface area contributed by atoms with Crippen LogP contribution in [-0.2, 0) is 15.6 Å². The molecule has 0 saturated heterocycles. The van der Waals surface area contributed by atoms with Crippen molar-refractivity contribution in [3.63, 3.8) is 0 Å². The van der Waals surface area contributed by atoms with Gasteiger partial charge in [0.2, 0.25) is 16.0 Å². The van der Waals surface area contributed by atoms with Crippen molar-refractivity contribution in [3.8, 4) is 46.3 Å². The van der Waals surface area contributed by atoms with E-state index in [1.54, 1.807) is 31.5 Å². The number of sulfonamides is 1. The van der Waals surface area contributed by atoms with Crippen molar-refractivity contribution in [1.29, 1.82) is 5.26 Å². The Morgan fingerprint density at radius 3 is 1.32 bits per heavy atom. The van der Waals surface area contributed by atoms with Gasteiger partial charge in [0, 0.05) is 76.3 Å². The van der Waals surface area contributed by atoms with Crippen LogP contribution < -0.4 is 39.5 Å². The third kappa shape index (κ3) is 36.1. The van der Waals surface area contributed by atoms with Gasteiger partial charge in [-0.1, -0.05) is 42.2 Å². The number of nitriles is 1. The summed E-state index contributed by atoms with van der Waals surface area (Å²) in [5, 5.41) is 28.9. The third-order valence-corrected chi connectivity index (χ3v) is 13.8. The quantitative estimate of drug-likeness (QED) is 0.0421. The first-order valence-corrected chi connectivity index (χ1v) is 31.0. The number of carboxylic acids is 1. The van der Waals surface area contributed by atoms with Gasteiger partial charge in [0.05, 0.1) is 56.2 Å². The molecule has 0 bridgehead atoms. The van der Waals surface area contributed by atoms with Gasteiger partial charge in [0.25, 0.3) is 5.91 Å². The molecule has 45 heteroatoms. The number of carboxylic acid groups (broad SMARTS) is 1. The molecular weight excluding hydrogens is 1640 g/mol. The van der Waals surface area contributed by atoms with Crippen LogP contribution in [0.5, 0.6) is 40.2 Å². The second kappa shape index (κ2) is 39.7. The summed E-state index contributed by atoms with van der Waals surface area (Å²) in [4.78, 5) is 52.0. The zero-order valence-electron chi connectivity index (χ0n) is 49.6. The minimum atomic E-state index is -3.93. The van der Waals surface area contributed by atoms with Gasteiger partial charge in [-0.15, -0.1) is 43.9 Å². The average Bonchev–Trinajstić information content (AvgIpc) is 0.756. The van der Waals surface area contributed by atoms with E-state index in [0.717, 1.165) is 71.4 Å². The Labute approximate surface area is 612 Å². The molecule has 0 fully saturated rings. The van der Waals surface area contributed by atoms with E-state index in [1.165, 1.54) is 80.8 Å². The molecular formula is C56H44BrCl8F11N12O12S. The van der Waals surface area contributed by atoms with Crippen LogP contribution in [0.2, 0.25) is 15.5 Å². The van der Waals surface area contributed by atoms with Gasteiger partial charge >= 0.3 is 33.8 Å². The van der Waals surface area contributed by atoms with E-state index in [0.29, 0.717) is 14.9 Å². The minimum absolute atomic E-state index is 0. The topological polar surface area (TPSA) is 332 Å². The maximum atomic E-state index is 14.6. The maximum Gasteiger partial charge on any atom is 0.487 e. The molecule has 8 heterocycles. The minimum Gasteiger partial charge on any atom is -0.506 e. The van der Waals surface area contributed by atoms with E-state index in [4.69, 9.17) is 60.7 Å². The lowest BCUT2D eigenvalue weighted by Crippen LogP contribution is -2.50. The largest absolute Gasteiger partial charge is 0.506 e. The third-order valence-electron chi connectivity index (χ3n) is 10.4. The number of guanidine groups is 1. The number of nitrogens with one attached hydrogen (secondary N) is 1. The fourth-order valence-electron chi connectivity index (χ4n) is 6.31. The van der Waals surface area contributed by atoms with Gasteiger partial charge in [-0.2, -0.15) is 5.26 Å². The SMILES string of the molecule is C.CN1C(N)=N[C@](C)(c2cc(NC(=O)c3ccc(OC(F)(F)Cl)cn3)ccc2F)CS1(=O)=O.COc1ccc(Cl)nc1.FC(F)(Cl)Oc1ccc(Br)nc1.FC(F)(Cl)Oc1ccc(Cl)nc1.N#Cc1ccc(OC(F)(F)Cl)cn1.O=C(O)c1ccc(OC(F)(F)Cl)cn1.Oc1ccc(Cl)nc1. The number of nitrogens with two attached hydrogens (primary N) is 1. The fourth-order valence-corrected chi connectivity index (χ4v) is 8.78. The van der Waals surface area contributed by atoms with E-state index in [-0.39, 0.29) is 81.4 Å².